The molecule has 2 heterocycles. The summed E-state index contributed by atoms with van der Waals surface area (Å²) in [5, 5.41) is 13.4. The SMILES string of the molecule is CC(C)OC(=O)c1ccc(Cl)c(NC(=O)CSc2nnc(-c3cc4cc(Cl)ccc4o3)n2C)c1. The summed E-state index contributed by atoms with van der Waals surface area (Å²) in [6, 6.07) is 11.8. The Hall–Kier alpha value is -3.01. The van der Waals surface area contributed by atoms with Gasteiger partial charge in [-0.25, -0.2) is 4.79 Å². The lowest BCUT2D eigenvalue weighted by Gasteiger charge is -2.11. The second kappa shape index (κ2) is 10.1. The molecule has 0 spiro atoms. The van der Waals surface area contributed by atoms with Crippen LogP contribution in [-0.4, -0.2) is 38.5 Å². The van der Waals surface area contributed by atoms with Crippen LogP contribution < -0.4 is 5.32 Å². The molecule has 1 amide bonds. The van der Waals surface area contributed by atoms with Crippen LogP contribution in [0.4, 0.5) is 5.69 Å². The lowest BCUT2D eigenvalue weighted by molar-refractivity contribution is -0.113. The largest absolute Gasteiger partial charge is 0.459 e. The molecular formula is C23H20Cl2N4O4S. The third kappa shape index (κ3) is 5.38. The van der Waals surface area contributed by atoms with Gasteiger partial charge < -0.3 is 19.0 Å². The summed E-state index contributed by atoms with van der Waals surface area (Å²) in [6.07, 6.45) is -0.258. The minimum atomic E-state index is -0.490. The predicted octanol–water partition coefficient (Wildman–Crippen LogP) is 5.83. The molecule has 176 valence electrons. The van der Waals surface area contributed by atoms with Gasteiger partial charge in [0.2, 0.25) is 5.91 Å². The number of ether oxygens (including phenoxy) is 1. The average molecular weight is 519 g/mol. The zero-order valence-electron chi connectivity index (χ0n) is 18.5. The van der Waals surface area contributed by atoms with E-state index in [4.69, 9.17) is 32.4 Å². The van der Waals surface area contributed by atoms with Crippen molar-refractivity contribution in [1.82, 2.24) is 14.8 Å². The van der Waals surface area contributed by atoms with Crippen LogP contribution in [0.25, 0.3) is 22.6 Å². The average Bonchev–Trinajstić information content (AvgIpc) is 3.35. The summed E-state index contributed by atoms with van der Waals surface area (Å²) in [5.74, 6) is 0.314. The summed E-state index contributed by atoms with van der Waals surface area (Å²) in [6.45, 7) is 3.52. The van der Waals surface area contributed by atoms with Gasteiger partial charge in [0.15, 0.2) is 16.7 Å². The molecule has 4 rings (SSSR count). The van der Waals surface area contributed by atoms with Crippen molar-refractivity contribution in [3.63, 3.8) is 0 Å². The number of hydrogen-bond donors (Lipinski definition) is 1. The van der Waals surface area contributed by atoms with Crippen LogP contribution in [0.3, 0.4) is 0 Å². The van der Waals surface area contributed by atoms with Crippen molar-refractivity contribution in [1.29, 1.82) is 0 Å². The summed E-state index contributed by atoms with van der Waals surface area (Å²) in [4.78, 5) is 24.7. The molecule has 8 nitrogen and oxygen atoms in total. The molecule has 0 aliphatic rings. The molecule has 11 heteroatoms. The third-order valence-electron chi connectivity index (χ3n) is 4.68. The number of anilines is 1. The standard InChI is InChI=1S/C23H20Cl2N4O4S/c1-12(2)32-22(31)13-4-6-16(25)17(9-13)26-20(30)11-34-23-28-27-21(29(23)3)19-10-14-8-15(24)5-7-18(14)33-19/h4-10,12H,11H2,1-3H3,(H,26,30). The van der Waals surface area contributed by atoms with E-state index in [9.17, 15) is 9.59 Å². The number of rotatable bonds is 7. The molecule has 0 saturated heterocycles. The molecule has 0 aliphatic heterocycles. The van der Waals surface area contributed by atoms with E-state index in [2.05, 4.69) is 15.5 Å². The fraction of sp³-hybridized carbons (Fsp3) is 0.217. The van der Waals surface area contributed by atoms with Crippen molar-refractivity contribution < 1.29 is 18.7 Å². The monoisotopic (exact) mass is 518 g/mol. The minimum absolute atomic E-state index is 0.0543. The van der Waals surface area contributed by atoms with Gasteiger partial charge in [-0.3, -0.25) is 4.79 Å². The number of nitrogens with one attached hydrogen (secondary N) is 1. The van der Waals surface area contributed by atoms with E-state index in [-0.39, 0.29) is 17.8 Å². The van der Waals surface area contributed by atoms with E-state index in [1.807, 2.05) is 12.1 Å². The molecule has 0 bridgehead atoms. The second-order valence-corrected chi connectivity index (χ2v) is 9.43. The number of benzene rings is 2. The fourth-order valence-corrected chi connectivity index (χ4v) is 4.18. The molecule has 34 heavy (non-hydrogen) atoms. The van der Waals surface area contributed by atoms with Crippen molar-refractivity contribution in [2.24, 2.45) is 7.05 Å². The number of carbonyl (C=O) groups excluding carboxylic acids is 2. The molecule has 0 radical (unpaired) electrons. The van der Waals surface area contributed by atoms with E-state index in [0.717, 1.165) is 5.39 Å². The van der Waals surface area contributed by atoms with Gasteiger partial charge in [-0.1, -0.05) is 35.0 Å². The first kappa shape index (κ1) is 24.1. The normalized spacial score (nSPS) is 11.2. The Kier molecular flexibility index (Phi) is 7.16. The number of halogens is 2. The Morgan fingerprint density at radius 3 is 2.71 bits per heavy atom. The smallest absolute Gasteiger partial charge is 0.338 e. The maximum absolute atomic E-state index is 12.5. The number of thioether (sulfide) groups is 1. The molecule has 0 aliphatic carbocycles. The summed E-state index contributed by atoms with van der Waals surface area (Å²) >= 11 is 13.4. The van der Waals surface area contributed by atoms with E-state index in [0.29, 0.717) is 43.6 Å². The number of amides is 1. The highest BCUT2D eigenvalue weighted by Crippen LogP contribution is 2.30. The Bertz CT molecular complexity index is 1380. The predicted molar refractivity (Wildman–Crippen MR) is 133 cm³/mol. The molecule has 0 unspecified atom stereocenters. The van der Waals surface area contributed by atoms with Crippen LogP contribution in [0.5, 0.6) is 0 Å². The first-order chi connectivity index (χ1) is 16.2. The first-order valence-electron chi connectivity index (χ1n) is 10.2. The highest BCUT2D eigenvalue weighted by atomic mass is 35.5. The Morgan fingerprint density at radius 1 is 1.15 bits per heavy atom. The third-order valence-corrected chi connectivity index (χ3v) is 6.27. The number of esters is 1. The number of nitrogens with zero attached hydrogens (tertiary/aromatic N) is 3. The topological polar surface area (TPSA) is 99.2 Å². The number of carbonyl (C=O) groups is 2. The van der Waals surface area contributed by atoms with Crippen LogP contribution >= 0.6 is 35.0 Å². The quantitative estimate of drug-likeness (QED) is 0.242. The number of hydrogen-bond acceptors (Lipinski definition) is 7. The Balaban J connectivity index is 1.43. The molecule has 1 N–H and O–H groups in total. The molecule has 2 aromatic carbocycles. The highest BCUT2D eigenvalue weighted by Gasteiger charge is 2.18. The van der Waals surface area contributed by atoms with Gasteiger partial charge in [-0.2, -0.15) is 0 Å². The van der Waals surface area contributed by atoms with Gasteiger partial charge in [0, 0.05) is 17.5 Å². The number of fused-ring (bicyclic) bond motifs is 1. The highest BCUT2D eigenvalue weighted by molar-refractivity contribution is 7.99. The van der Waals surface area contributed by atoms with Crippen LogP contribution in [0, 0.1) is 0 Å². The van der Waals surface area contributed by atoms with Crippen molar-refractivity contribution in [2.45, 2.75) is 25.1 Å². The fourth-order valence-electron chi connectivity index (χ4n) is 3.13. The number of furan rings is 1. The summed E-state index contributed by atoms with van der Waals surface area (Å²) in [5.41, 5.74) is 1.31. The zero-order valence-corrected chi connectivity index (χ0v) is 20.8. The Labute approximate surface area is 209 Å². The van der Waals surface area contributed by atoms with Gasteiger partial charge in [-0.15, -0.1) is 10.2 Å². The summed E-state index contributed by atoms with van der Waals surface area (Å²) < 4.78 is 12.8. The molecule has 0 fully saturated rings. The molecule has 0 saturated carbocycles. The minimum Gasteiger partial charge on any atom is -0.459 e. The molecule has 0 atom stereocenters. The van der Waals surface area contributed by atoms with Gasteiger partial charge in [-0.05, 0) is 56.3 Å². The van der Waals surface area contributed by atoms with Gasteiger partial charge in [0.05, 0.1) is 28.1 Å². The van der Waals surface area contributed by atoms with Crippen LogP contribution in [0.1, 0.15) is 24.2 Å². The molecular weight excluding hydrogens is 499 g/mol. The lowest BCUT2D eigenvalue weighted by Crippen LogP contribution is -2.16. The van der Waals surface area contributed by atoms with E-state index in [1.54, 1.807) is 43.7 Å². The van der Waals surface area contributed by atoms with Crippen molar-refractivity contribution in [3.05, 3.63) is 58.1 Å². The zero-order chi connectivity index (χ0) is 24.4. The maximum Gasteiger partial charge on any atom is 0.338 e. The van der Waals surface area contributed by atoms with Crippen LogP contribution in [-0.2, 0) is 16.6 Å². The van der Waals surface area contributed by atoms with E-state index in [1.165, 1.54) is 23.9 Å². The second-order valence-electron chi connectivity index (χ2n) is 7.64. The van der Waals surface area contributed by atoms with Crippen molar-refractivity contribution >= 4 is 63.5 Å². The Morgan fingerprint density at radius 2 is 1.94 bits per heavy atom. The lowest BCUT2D eigenvalue weighted by atomic mass is 10.2. The van der Waals surface area contributed by atoms with Crippen LogP contribution in [0.2, 0.25) is 10.0 Å². The van der Waals surface area contributed by atoms with Crippen molar-refractivity contribution in [2.75, 3.05) is 11.1 Å². The first-order valence-corrected chi connectivity index (χ1v) is 12.0. The number of aromatic nitrogens is 3. The van der Waals surface area contributed by atoms with E-state index >= 15 is 0 Å². The van der Waals surface area contributed by atoms with E-state index < -0.39 is 5.97 Å². The van der Waals surface area contributed by atoms with Gasteiger partial charge in [0.1, 0.15) is 5.58 Å². The molecule has 2 aromatic heterocycles. The van der Waals surface area contributed by atoms with Crippen LogP contribution in [0.15, 0.2) is 52.0 Å². The maximum atomic E-state index is 12.5. The van der Waals surface area contributed by atoms with Crippen molar-refractivity contribution in [3.8, 4) is 11.6 Å². The molecule has 4 aromatic rings. The van der Waals surface area contributed by atoms with Gasteiger partial charge >= 0.3 is 5.97 Å². The van der Waals surface area contributed by atoms with Gasteiger partial charge in [0.25, 0.3) is 0 Å². The summed E-state index contributed by atoms with van der Waals surface area (Å²) in [7, 11) is 1.79.